The van der Waals surface area contributed by atoms with E-state index in [9.17, 15) is 9.18 Å². The van der Waals surface area contributed by atoms with Gasteiger partial charge < -0.3 is 15.3 Å². The molecule has 1 radical (unpaired) electrons. The van der Waals surface area contributed by atoms with Crippen LogP contribution in [-0.4, -0.2) is 43.2 Å². The zero-order chi connectivity index (χ0) is 8.72. The average Bonchev–Trinajstić information content (AvgIpc) is 2.55. The standard InChI is InChI=1S/C7H11BFN2O/c9-6-5-1-4(7(6)10)2-11(5)8-3-12/h3-7H,1-2,10H2/t4?,5?,6-,7+/m1/s1. The molecule has 2 bridgehead atoms. The lowest BCUT2D eigenvalue weighted by atomic mass is 9.89. The minimum atomic E-state index is -0.958. The summed E-state index contributed by atoms with van der Waals surface area (Å²) in [6.45, 7) is 0.741. The van der Waals surface area contributed by atoms with Gasteiger partial charge in [-0.3, -0.25) is 0 Å². The average molecular weight is 169 g/mol. The molecule has 0 aromatic heterocycles. The second-order valence-electron chi connectivity index (χ2n) is 3.57. The molecule has 12 heavy (non-hydrogen) atoms. The van der Waals surface area contributed by atoms with Crippen LogP contribution in [0.15, 0.2) is 0 Å². The molecule has 0 aromatic carbocycles. The minimum absolute atomic E-state index is 0.143. The summed E-state index contributed by atoms with van der Waals surface area (Å²) in [7, 11) is 1.42. The maximum Gasteiger partial charge on any atom is 0.293 e. The number of rotatable bonds is 2. The summed E-state index contributed by atoms with van der Waals surface area (Å²) in [6.07, 6.45) is 0.547. The molecule has 2 rings (SSSR count). The van der Waals surface area contributed by atoms with Gasteiger partial charge in [0.05, 0.1) is 6.19 Å². The topological polar surface area (TPSA) is 46.3 Å². The number of hydrogen-bond acceptors (Lipinski definition) is 3. The summed E-state index contributed by atoms with van der Waals surface area (Å²) in [5, 5.41) is 0. The van der Waals surface area contributed by atoms with E-state index in [1.54, 1.807) is 4.81 Å². The molecule has 2 fully saturated rings. The molecule has 0 spiro atoms. The van der Waals surface area contributed by atoms with Crippen LogP contribution >= 0.6 is 0 Å². The van der Waals surface area contributed by atoms with Crippen LogP contribution in [0.4, 0.5) is 4.39 Å². The molecule has 1 saturated heterocycles. The van der Waals surface area contributed by atoms with E-state index in [0.717, 1.165) is 13.0 Å². The number of piperidine rings is 1. The van der Waals surface area contributed by atoms with Gasteiger partial charge in [-0.1, -0.05) is 0 Å². The zero-order valence-corrected chi connectivity index (χ0v) is 6.69. The number of carbonyl (C=O) groups excluding carboxylic acids is 1. The third kappa shape index (κ3) is 1.000. The van der Waals surface area contributed by atoms with Crippen molar-refractivity contribution in [1.29, 1.82) is 0 Å². The quantitative estimate of drug-likeness (QED) is 0.433. The van der Waals surface area contributed by atoms with E-state index in [-0.39, 0.29) is 18.0 Å². The van der Waals surface area contributed by atoms with Crippen molar-refractivity contribution in [3.8, 4) is 0 Å². The first-order chi connectivity index (χ1) is 5.74. The number of nitrogens with zero attached hydrogens (tertiary/aromatic N) is 1. The number of hydrogen-bond donors (Lipinski definition) is 1. The maximum absolute atomic E-state index is 13.3. The second kappa shape index (κ2) is 2.82. The van der Waals surface area contributed by atoms with Crippen LogP contribution in [0.5, 0.6) is 0 Å². The van der Waals surface area contributed by atoms with Crippen LogP contribution < -0.4 is 5.73 Å². The van der Waals surface area contributed by atoms with E-state index >= 15 is 0 Å². The molecule has 2 N–H and O–H groups in total. The fraction of sp³-hybridized carbons (Fsp3) is 0.857. The zero-order valence-electron chi connectivity index (χ0n) is 6.69. The molecule has 0 aromatic rings. The highest BCUT2D eigenvalue weighted by Crippen LogP contribution is 2.37. The summed E-state index contributed by atoms with van der Waals surface area (Å²) < 4.78 is 13.3. The Hall–Kier alpha value is -0.415. The third-order valence-corrected chi connectivity index (χ3v) is 2.95. The van der Waals surface area contributed by atoms with Crippen molar-refractivity contribution >= 4 is 13.6 Å². The molecule has 0 amide bonds. The Bertz CT molecular complexity index is 202. The van der Waals surface area contributed by atoms with Gasteiger partial charge in [0.2, 0.25) is 0 Å². The van der Waals surface area contributed by atoms with Crippen LogP contribution in [-0.2, 0) is 4.79 Å². The van der Waals surface area contributed by atoms with Crippen LogP contribution in [0.2, 0.25) is 0 Å². The van der Waals surface area contributed by atoms with Crippen molar-refractivity contribution < 1.29 is 9.18 Å². The van der Waals surface area contributed by atoms with Gasteiger partial charge in [0.1, 0.15) is 6.17 Å². The molecule has 4 atom stereocenters. The highest BCUT2D eigenvalue weighted by molar-refractivity contribution is 6.64. The monoisotopic (exact) mass is 169 g/mol. The van der Waals surface area contributed by atoms with E-state index in [0.29, 0.717) is 6.19 Å². The first kappa shape index (κ1) is 8.20. The Kier molecular flexibility index (Phi) is 1.92. The Labute approximate surface area is 71.4 Å². The Morgan fingerprint density at radius 2 is 2.42 bits per heavy atom. The van der Waals surface area contributed by atoms with Crippen molar-refractivity contribution in [2.45, 2.75) is 24.7 Å². The first-order valence-electron chi connectivity index (χ1n) is 4.18. The lowest BCUT2D eigenvalue weighted by Crippen LogP contribution is -2.51. The third-order valence-electron chi connectivity index (χ3n) is 2.95. The largest absolute Gasteiger partial charge is 0.334 e. The molecule has 2 aliphatic rings. The van der Waals surface area contributed by atoms with E-state index in [1.807, 2.05) is 0 Å². The van der Waals surface area contributed by atoms with Crippen LogP contribution in [0.25, 0.3) is 0 Å². The number of fused-ring (bicyclic) bond motifs is 2. The minimum Gasteiger partial charge on any atom is -0.334 e. The van der Waals surface area contributed by atoms with Gasteiger partial charge in [0, 0.05) is 12.1 Å². The highest BCUT2D eigenvalue weighted by Gasteiger charge is 2.50. The van der Waals surface area contributed by atoms with Gasteiger partial charge >= 0.3 is 0 Å². The fourth-order valence-electron chi connectivity index (χ4n) is 2.28. The summed E-state index contributed by atoms with van der Waals surface area (Å²) in [5.41, 5.74) is 5.62. The molecule has 1 aliphatic heterocycles. The van der Waals surface area contributed by atoms with Crippen molar-refractivity contribution in [2.24, 2.45) is 11.7 Å². The van der Waals surface area contributed by atoms with Crippen molar-refractivity contribution in [1.82, 2.24) is 4.81 Å². The van der Waals surface area contributed by atoms with Gasteiger partial charge in [-0.25, -0.2) is 4.39 Å². The Balaban J connectivity index is 2.05. The molecular weight excluding hydrogens is 158 g/mol. The fourth-order valence-corrected chi connectivity index (χ4v) is 2.28. The van der Waals surface area contributed by atoms with Gasteiger partial charge in [0.25, 0.3) is 7.41 Å². The molecule has 5 heteroatoms. The smallest absolute Gasteiger partial charge is 0.293 e. The summed E-state index contributed by atoms with van der Waals surface area (Å²) in [6, 6.07) is -0.457. The van der Waals surface area contributed by atoms with E-state index in [1.165, 1.54) is 7.41 Å². The summed E-state index contributed by atoms with van der Waals surface area (Å²) in [5.74, 6) is 0.237. The van der Waals surface area contributed by atoms with Gasteiger partial charge in [0.15, 0.2) is 0 Å². The SMILES string of the molecule is N[C@H]1C2CC([C@H]1F)N([B]C=O)C2. The maximum atomic E-state index is 13.3. The normalized spacial score (nSPS) is 46.5. The molecule has 1 saturated carbocycles. The Morgan fingerprint density at radius 1 is 1.67 bits per heavy atom. The number of nitrogens with two attached hydrogens (primary N) is 1. The van der Waals surface area contributed by atoms with Crippen LogP contribution in [0, 0.1) is 5.92 Å². The van der Waals surface area contributed by atoms with Crippen molar-refractivity contribution in [2.75, 3.05) is 6.54 Å². The van der Waals surface area contributed by atoms with Gasteiger partial charge in [-0.15, -0.1) is 0 Å². The van der Waals surface area contributed by atoms with Crippen molar-refractivity contribution in [3.05, 3.63) is 0 Å². The summed E-state index contributed by atoms with van der Waals surface area (Å²) >= 11 is 0. The number of carbonyl (C=O) groups is 1. The van der Waals surface area contributed by atoms with E-state index < -0.39 is 6.17 Å². The molecule has 3 nitrogen and oxygen atoms in total. The highest BCUT2D eigenvalue weighted by atomic mass is 19.1. The van der Waals surface area contributed by atoms with Gasteiger partial charge in [-0.2, -0.15) is 0 Å². The number of alkyl halides is 1. The predicted octanol–water partition coefficient (Wildman–Crippen LogP) is -0.835. The predicted molar refractivity (Wildman–Crippen MR) is 44.0 cm³/mol. The lowest BCUT2D eigenvalue weighted by molar-refractivity contribution is 0.167. The van der Waals surface area contributed by atoms with Crippen LogP contribution in [0.1, 0.15) is 6.42 Å². The summed E-state index contributed by atoms with van der Waals surface area (Å²) in [4.78, 5) is 11.9. The molecule has 1 aliphatic carbocycles. The second-order valence-corrected chi connectivity index (χ2v) is 3.57. The lowest BCUT2D eigenvalue weighted by Gasteiger charge is -2.30. The molecular formula is C7H11BFN2O. The molecule has 2 unspecified atom stereocenters. The first-order valence-corrected chi connectivity index (χ1v) is 4.18. The Morgan fingerprint density at radius 3 is 2.92 bits per heavy atom. The van der Waals surface area contributed by atoms with Crippen LogP contribution in [0.3, 0.4) is 0 Å². The number of halogens is 1. The van der Waals surface area contributed by atoms with Crippen molar-refractivity contribution in [3.63, 3.8) is 0 Å². The van der Waals surface area contributed by atoms with E-state index in [2.05, 4.69) is 0 Å². The van der Waals surface area contributed by atoms with Gasteiger partial charge in [-0.05, 0) is 18.9 Å². The van der Waals surface area contributed by atoms with E-state index in [4.69, 9.17) is 5.73 Å². The molecule has 65 valence electrons. The molecule has 1 heterocycles.